The Balaban J connectivity index is 2.89. The number of rotatable bonds is 1. The van der Waals surface area contributed by atoms with Crippen LogP contribution in [0.3, 0.4) is 0 Å². The number of fused-ring (bicyclic) bond motifs is 1. The third-order valence-corrected chi connectivity index (χ3v) is 3.25. The summed E-state index contributed by atoms with van der Waals surface area (Å²) in [6.07, 6.45) is 0. The molecule has 0 radical (unpaired) electrons. The van der Waals surface area contributed by atoms with Gasteiger partial charge in [0, 0.05) is 14.7 Å². The van der Waals surface area contributed by atoms with Gasteiger partial charge >= 0.3 is 0 Å². The summed E-state index contributed by atoms with van der Waals surface area (Å²) >= 11 is 2.28. The standard InChI is InChI=1S/C11H12IN3/c1-6-7(2)14-10-4-3-8(12)5-9(10)11(6)15-13/h3-5H,13H2,1-2H3,(H,14,15). The van der Waals surface area contributed by atoms with Crippen LogP contribution in [0.4, 0.5) is 5.69 Å². The fourth-order valence-corrected chi connectivity index (χ4v) is 2.13. The number of hydrogen-bond acceptors (Lipinski definition) is 3. The minimum atomic E-state index is 0.969. The van der Waals surface area contributed by atoms with Gasteiger partial charge in [0.25, 0.3) is 0 Å². The summed E-state index contributed by atoms with van der Waals surface area (Å²) in [7, 11) is 0. The lowest BCUT2D eigenvalue weighted by atomic mass is 10.1. The molecule has 0 aliphatic carbocycles. The van der Waals surface area contributed by atoms with Crippen molar-refractivity contribution in [3.05, 3.63) is 33.0 Å². The van der Waals surface area contributed by atoms with Gasteiger partial charge in [-0.15, -0.1) is 0 Å². The van der Waals surface area contributed by atoms with E-state index in [-0.39, 0.29) is 0 Å². The molecule has 78 valence electrons. The predicted octanol–water partition coefficient (Wildman–Crippen LogP) is 2.74. The molecule has 0 aliphatic rings. The fraction of sp³-hybridized carbons (Fsp3) is 0.182. The summed E-state index contributed by atoms with van der Waals surface area (Å²) in [5.74, 6) is 5.56. The Labute approximate surface area is 102 Å². The van der Waals surface area contributed by atoms with Crippen LogP contribution in [0, 0.1) is 17.4 Å². The zero-order valence-electron chi connectivity index (χ0n) is 8.63. The lowest BCUT2D eigenvalue weighted by Gasteiger charge is -2.11. The summed E-state index contributed by atoms with van der Waals surface area (Å²) in [5.41, 5.74) is 6.82. The fourth-order valence-electron chi connectivity index (χ4n) is 1.64. The van der Waals surface area contributed by atoms with Crippen molar-refractivity contribution >= 4 is 39.2 Å². The number of nitrogens with one attached hydrogen (secondary N) is 1. The first kappa shape index (κ1) is 10.6. The van der Waals surface area contributed by atoms with Crippen molar-refractivity contribution in [2.75, 3.05) is 5.43 Å². The number of nitrogens with two attached hydrogens (primary N) is 1. The van der Waals surface area contributed by atoms with Gasteiger partial charge in [-0.1, -0.05) is 0 Å². The maximum absolute atomic E-state index is 5.56. The summed E-state index contributed by atoms with van der Waals surface area (Å²) in [5, 5.41) is 1.08. The van der Waals surface area contributed by atoms with Crippen molar-refractivity contribution in [3.63, 3.8) is 0 Å². The van der Waals surface area contributed by atoms with Crippen molar-refractivity contribution in [1.82, 2.24) is 4.98 Å². The first-order valence-electron chi connectivity index (χ1n) is 4.66. The topological polar surface area (TPSA) is 50.9 Å². The number of benzene rings is 1. The van der Waals surface area contributed by atoms with Crippen LogP contribution in [0.25, 0.3) is 10.9 Å². The molecule has 0 atom stereocenters. The van der Waals surface area contributed by atoms with Gasteiger partial charge in [-0.05, 0) is 60.2 Å². The maximum atomic E-state index is 5.56. The molecule has 2 rings (SSSR count). The molecule has 2 aromatic rings. The number of nitrogen functional groups attached to an aromatic ring is 1. The molecule has 0 aliphatic heterocycles. The van der Waals surface area contributed by atoms with Crippen LogP contribution in [-0.4, -0.2) is 4.98 Å². The van der Waals surface area contributed by atoms with Gasteiger partial charge in [-0.3, -0.25) is 10.8 Å². The molecular formula is C11H12IN3. The molecule has 0 bridgehead atoms. The Morgan fingerprint density at radius 3 is 2.73 bits per heavy atom. The van der Waals surface area contributed by atoms with Crippen molar-refractivity contribution in [1.29, 1.82) is 0 Å². The van der Waals surface area contributed by atoms with E-state index < -0.39 is 0 Å². The Morgan fingerprint density at radius 2 is 2.07 bits per heavy atom. The monoisotopic (exact) mass is 313 g/mol. The Morgan fingerprint density at radius 1 is 1.33 bits per heavy atom. The van der Waals surface area contributed by atoms with E-state index in [1.165, 1.54) is 3.57 Å². The van der Waals surface area contributed by atoms with Gasteiger partial charge in [0.2, 0.25) is 0 Å². The van der Waals surface area contributed by atoms with Crippen LogP contribution in [-0.2, 0) is 0 Å². The van der Waals surface area contributed by atoms with Gasteiger partial charge in [0.05, 0.1) is 11.2 Å². The average Bonchev–Trinajstić information content (AvgIpc) is 2.21. The molecule has 1 aromatic heterocycles. The van der Waals surface area contributed by atoms with E-state index in [1.54, 1.807) is 0 Å². The number of halogens is 1. The molecule has 0 fully saturated rings. The van der Waals surface area contributed by atoms with Crippen LogP contribution in [0.2, 0.25) is 0 Å². The number of aryl methyl sites for hydroxylation is 1. The minimum Gasteiger partial charge on any atom is -0.323 e. The molecule has 4 heteroatoms. The number of nitrogens with zero attached hydrogens (tertiary/aromatic N) is 1. The first-order valence-corrected chi connectivity index (χ1v) is 5.74. The molecule has 0 spiro atoms. The summed E-state index contributed by atoms with van der Waals surface area (Å²) in [6.45, 7) is 4.02. The molecule has 3 nitrogen and oxygen atoms in total. The lowest BCUT2D eigenvalue weighted by molar-refractivity contribution is 1.18. The van der Waals surface area contributed by atoms with Crippen LogP contribution in [0.5, 0.6) is 0 Å². The Kier molecular flexibility index (Phi) is 2.79. The van der Waals surface area contributed by atoms with E-state index >= 15 is 0 Å². The van der Waals surface area contributed by atoms with Crippen LogP contribution >= 0.6 is 22.6 Å². The minimum absolute atomic E-state index is 0.969. The lowest BCUT2D eigenvalue weighted by Crippen LogP contribution is -2.10. The second-order valence-corrected chi connectivity index (χ2v) is 4.75. The molecule has 1 heterocycles. The Bertz CT molecular complexity index is 523. The van der Waals surface area contributed by atoms with E-state index in [0.29, 0.717) is 0 Å². The molecular weight excluding hydrogens is 301 g/mol. The number of anilines is 1. The average molecular weight is 313 g/mol. The zero-order valence-corrected chi connectivity index (χ0v) is 10.8. The molecule has 0 saturated carbocycles. The number of pyridine rings is 1. The van der Waals surface area contributed by atoms with E-state index in [2.05, 4.69) is 39.1 Å². The summed E-state index contributed by atoms with van der Waals surface area (Å²) in [4.78, 5) is 4.53. The van der Waals surface area contributed by atoms with Crippen LogP contribution in [0.15, 0.2) is 18.2 Å². The maximum Gasteiger partial charge on any atom is 0.0727 e. The molecule has 0 unspecified atom stereocenters. The van der Waals surface area contributed by atoms with Crippen LogP contribution in [0.1, 0.15) is 11.3 Å². The largest absolute Gasteiger partial charge is 0.323 e. The van der Waals surface area contributed by atoms with Crippen molar-refractivity contribution in [2.24, 2.45) is 5.84 Å². The second-order valence-electron chi connectivity index (χ2n) is 3.50. The van der Waals surface area contributed by atoms with Gasteiger partial charge in [-0.25, -0.2) is 0 Å². The van der Waals surface area contributed by atoms with Gasteiger partial charge in [0.15, 0.2) is 0 Å². The summed E-state index contributed by atoms with van der Waals surface area (Å²) < 4.78 is 1.18. The van der Waals surface area contributed by atoms with E-state index in [1.807, 2.05) is 26.0 Å². The highest BCUT2D eigenvalue weighted by Crippen LogP contribution is 2.28. The molecule has 15 heavy (non-hydrogen) atoms. The highest BCUT2D eigenvalue weighted by atomic mass is 127. The Hall–Kier alpha value is -0.880. The molecule has 0 saturated heterocycles. The molecule has 3 N–H and O–H groups in total. The normalized spacial score (nSPS) is 10.7. The highest BCUT2D eigenvalue weighted by Gasteiger charge is 2.08. The zero-order chi connectivity index (χ0) is 11.0. The van der Waals surface area contributed by atoms with Gasteiger partial charge < -0.3 is 5.43 Å². The van der Waals surface area contributed by atoms with Gasteiger partial charge in [-0.2, -0.15) is 0 Å². The van der Waals surface area contributed by atoms with E-state index in [4.69, 9.17) is 5.84 Å². The molecule has 1 aromatic carbocycles. The van der Waals surface area contributed by atoms with Gasteiger partial charge in [0.1, 0.15) is 0 Å². The predicted molar refractivity (Wildman–Crippen MR) is 71.7 cm³/mol. The third-order valence-electron chi connectivity index (χ3n) is 2.58. The van der Waals surface area contributed by atoms with E-state index in [9.17, 15) is 0 Å². The van der Waals surface area contributed by atoms with Crippen molar-refractivity contribution in [3.8, 4) is 0 Å². The van der Waals surface area contributed by atoms with Crippen molar-refractivity contribution in [2.45, 2.75) is 13.8 Å². The number of hydrazine groups is 1. The number of aromatic nitrogens is 1. The highest BCUT2D eigenvalue weighted by molar-refractivity contribution is 14.1. The van der Waals surface area contributed by atoms with E-state index in [0.717, 1.165) is 27.8 Å². The summed E-state index contributed by atoms with van der Waals surface area (Å²) in [6, 6.07) is 6.15. The molecule has 0 amide bonds. The van der Waals surface area contributed by atoms with Crippen LogP contribution < -0.4 is 11.3 Å². The third kappa shape index (κ3) is 1.79. The second kappa shape index (κ2) is 3.94. The van der Waals surface area contributed by atoms with Crippen molar-refractivity contribution < 1.29 is 0 Å². The smallest absolute Gasteiger partial charge is 0.0727 e. The number of hydrogen-bond donors (Lipinski definition) is 2. The quantitative estimate of drug-likeness (QED) is 0.483. The SMILES string of the molecule is Cc1nc2ccc(I)cc2c(NN)c1C. The first-order chi connectivity index (χ1) is 7.13.